The van der Waals surface area contributed by atoms with Crippen molar-refractivity contribution in [3.05, 3.63) is 29.8 Å². The van der Waals surface area contributed by atoms with Gasteiger partial charge in [0.15, 0.2) is 0 Å². The van der Waals surface area contributed by atoms with Crippen LogP contribution in [0.3, 0.4) is 0 Å². The average Bonchev–Trinajstić information content (AvgIpc) is 2.63. The maximum atomic E-state index is 12.3. The molecule has 3 heteroatoms. The number of para-hydroxylation sites is 1. The Morgan fingerprint density at radius 2 is 2.11 bits per heavy atom. The summed E-state index contributed by atoms with van der Waals surface area (Å²) in [6.45, 7) is 3.83. The number of phenols is 1. The molecule has 1 amide bonds. The lowest BCUT2D eigenvalue weighted by Crippen LogP contribution is -2.32. The van der Waals surface area contributed by atoms with Crippen LogP contribution in [0.25, 0.3) is 0 Å². The maximum absolute atomic E-state index is 12.3. The summed E-state index contributed by atoms with van der Waals surface area (Å²) >= 11 is 0. The molecule has 3 nitrogen and oxygen atoms in total. The molecule has 1 unspecified atom stereocenters. The van der Waals surface area contributed by atoms with Crippen LogP contribution in [0, 0.1) is 5.92 Å². The number of aromatic hydroxyl groups is 1. The van der Waals surface area contributed by atoms with Crippen molar-refractivity contribution >= 4 is 5.91 Å². The monoisotopic (exact) mass is 247 g/mol. The van der Waals surface area contributed by atoms with E-state index in [9.17, 15) is 9.90 Å². The molecule has 1 fully saturated rings. The zero-order valence-electron chi connectivity index (χ0n) is 10.9. The summed E-state index contributed by atoms with van der Waals surface area (Å²) < 4.78 is 0. The summed E-state index contributed by atoms with van der Waals surface area (Å²) in [6.07, 6.45) is 4.55. The molecule has 0 saturated carbocycles. The quantitative estimate of drug-likeness (QED) is 0.872. The topological polar surface area (TPSA) is 40.5 Å². The van der Waals surface area contributed by atoms with Crippen molar-refractivity contribution < 1.29 is 9.90 Å². The molecular weight excluding hydrogens is 226 g/mol. The third-order valence-electron chi connectivity index (χ3n) is 3.85. The van der Waals surface area contributed by atoms with E-state index in [1.807, 2.05) is 4.90 Å². The SMILES string of the molecule is CCC1CCCN(C(=O)c2ccccc2O)CC1. The molecule has 0 aliphatic carbocycles. The second-order valence-corrected chi connectivity index (χ2v) is 5.01. The Morgan fingerprint density at radius 3 is 2.83 bits per heavy atom. The number of carbonyl (C=O) groups excluding carboxylic acids is 1. The Hall–Kier alpha value is -1.51. The highest BCUT2D eigenvalue weighted by atomic mass is 16.3. The van der Waals surface area contributed by atoms with Gasteiger partial charge in [0, 0.05) is 13.1 Å². The third-order valence-corrected chi connectivity index (χ3v) is 3.85. The third kappa shape index (κ3) is 2.84. The van der Waals surface area contributed by atoms with Crippen LogP contribution in [0.5, 0.6) is 5.75 Å². The van der Waals surface area contributed by atoms with Crippen LogP contribution in [-0.4, -0.2) is 29.0 Å². The highest BCUT2D eigenvalue weighted by Gasteiger charge is 2.22. The number of amides is 1. The molecule has 0 radical (unpaired) electrons. The van der Waals surface area contributed by atoms with Crippen LogP contribution in [0.2, 0.25) is 0 Å². The summed E-state index contributed by atoms with van der Waals surface area (Å²) in [6, 6.07) is 6.79. The van der Waals surface area contributed by atoms with Crippen LogP contribution < -0.4 is 0 Å². The van der Waals surface area contributed by atoms with E-state index in [1.54, 1.807) is 24.3 Å². The molecule has 2 rings (SSSR count). The van der Waals surface area contributed by atoms with Crippen LogP contribution in [0.4, 0.5) is 0 Å². The number of carbonyl (C=O) groups is 1. The van der Waals surface area contributed by atoms with Crippen molar-refractivity contribution in [2.75, 3.05) is 13.1 Å². The lowest BCUT2D eigenvalue weighted by Gasteiger charge is -2.21. The molecule has 1 aliphatic heterocycles. The molecule has 1 aromatic carbocycles. The maximum Gasteiger partial charge on any atom is 0.257 e. The average molecular weight is 247 g/mol. The molecule has 1 atom stereocenters. The summed E-state index contributed by atoms with van der Waals surface area (Å²) in [4.78, 5) is 14.2. The van der Waals surface area contributed by atoms with Gasteiger partial charge in [-0.3, -0.25) is 4.79 Å². The van der Waals surface area contributed by atoms with E-state index in [2.05, 4.69) is 6.92 Å². The number of likely N-dealkylation sites (tertiary alicyclic amines) is 1. The van der Waals surface area contributed by atoms with Gasteiger partial charge in [-0.25, -0.2) is 0 Å². The van der Waals surface area contributed by atoms with E-state index in [4.69, 9.17) is 0 Å². The van der Waals surface area contributed by atoms with Gasteiger partial charge in [-0.2, -0.15) is 0 Å². The van der Waals surface area contributed by atoms with Crippen LogP contribution in [0.15, 0.2) is 24.3 Å². The van der Waals surface area contributed by atoms with E-state index in [-0.39, 0.29) is 11.7 Å². The molecule has 0 bridgehead atoms. The minimum atomic E-state index is -0.0372. The van der Waals surface area contributed by atoms with Gasteiger partial charge in [-0.1, -0.05) is 25.5 Å². The number of rotatable bonds is 2. The molecule has 0 spiro atoms. The van der Waals surface area contributed by atoms with Gasteiger partial charge in [0.2, 0.25) is 0 Å². The van der Waals surface area contributed by atoms with Crippen LogP contribution in [-0.2, 0) is 0 Å². The Morgan fingerprint density at radius 1 is 1.33 bits per heavy atom. The Balaban J connectivity index is 2.08. The highest BCUT2D eigenvalue weighted by molar-refractivity contribution is 5.96. The van der Waals surface area contributed by atoms with Crippen LogP contribution >= 0.6 is 0 Å². The first-order valence-corrected chi connectivity index (χ1v) is 6.79. The highest BCUT2D eigenvalue weighted by Crippen LogP contribution is 2.23. The van der Waals surface area contributed by atoms with Gasteiger partial charge >= 0.3 is 0 Å². The number of hydrogen-bond acceptors (Lipinski definition) is 2. The fraction of sp³-hybridized carbons (Fsp3) is 0.533. The van der Waals surface area contributed by atoms with E-state index < -0.39 is 0 Å². The van der Waals surface area contributed by atoms with E-state index in [0.717, 1.165) is 31.8 Å². The van der Waals surface area contributed by atoms with Crippen molar-refractivity contribution in [3.63, 3.8) is 0 Å². The first kappa shape index (κ1) is 12.9. The second-order valence-electron chi connectivity index (χ2n) is 5.01. The molecule has 1 aromatic rings. The number of phenolic OH excluding ortho intramolecular Hbond substituents is 1. The lowest BCUT2D eigenvalue weighted by molar-refractivity contribution is 0.0757. The zero-order valence-corrected chi connectivity index (χ0v) is 10.9. The van der Waals surface area contributed by atoms with Crippen molar-refractivity contribution in [2.45, 2.75) is 32.6 Å². The molecule has 1 heterocycles. The van der Waals surface area contributed by atoms with Crippen molar-refractivity contribution in [1.82, 2.24) is 4.90 Å². The summed E-state index contributed by atoms with van der Waals surface area (Å²) in [5.41, 5.74) is 0.424. The van der Waals surface area contributed by atoms with Crippen molar-refractivity contribution in [3.8, 4) is 5.75 Å². The number of hydrogen-bond donors (Lipinski definition) is 1. The standard InChI is InChI=1S/C15H21NO2/c1-2-12-6-5-10-16(11-9-12)15(18)13-7-3-4-8-14(13)17/h3-4,7-8,12,17H,2,5-6,9-11H2,1H3. The molecule has 1 aliphatic rings. The number of benzene rings is 1. The molecule has 0 aromatic heterocycles. The minimum Gasteiger partial charge on any atom is -0.507 e. The van der Waals surface area contributed by atoms with Crippen molar-refractivity contribution in [2.24, 2.45) is 5.92 Å². The summed E-state index contributed by atoms with van der Waals surface area (Å²) in [5, 5.41) is 9.73. The van der Waals surface area contributed by atoms with Gasteiger partial charge in [0.25, 0.3) is 5.91 Å². The predicted molar refractivity (Wildman–Crippen MR) is 71.6 cm³/mol. The second kappa shape index (κ2) is 5.89. The molecule has 98 valence electrons. The molecular formula is C15H21NO2. The van der Waals surface area contributed by atoms with E-state index in [1.165, 1.54) is 12.8 Å². The van der Waals surface area contributed by atoms with Gasteiger partial charge in [-0.15, -0.1) is 0 Å². The Labute approximate surface area is 108 Å². The van der Waals surface area contributed by atoms with Gasteiger partial charge in [0.1, 0.15) is 5.75 Å². The lowest BCUT2D eigenvalue weighted by atomic mass is 9.98. The zero-order chi connectivity index (χ0) is 13.0. The Kier molecular flexibility index (Phi) is 4.24. The summed E-state index contributed by atoms with van der Waals surface area (Å²) in [7, 11) is 0. The minimum absolute atomic E-state index is 0.0372. The van der Waals surface area contributed by atoms with Gasteiger partial charge in [-0.05, 0) is 37.3 Å². The van der Waals surface area contributed by atoms with E-state index in [0.29, 0.717) is 5.56 Å². The first-order valence-electron chi connectivity index (χ1n) is 6.79. The van der Waals surface area contributed by atoms with Gasteiger partial charge in [0.05, 0.1) is 5.56 Å². The number of nitrogens with zero attached hydrogens (tertiary/aromatic N) is 1. The largest absolute Gasteiger partial charge is 0.507 e. The van der Waals surface area contributed by atoms with E-state index >= 15 is 0 Å². The molecule has 18 heavy (non-hydrogen) atoms. The first-order chi connectivity index (χ1) is 8.72. The molecule has 1 N–H and O–H groups in total. The van der Waals surface area contributed by atoms with Gasteiger partial charge < -0.3 is 10.0 Å². The molecule has 1 saturated heterocycles. The summed E-state index contributed by atoms with van der Waals surface area (Å²) in [5.74, 6) is 0.788. The van der Waals surface area contributed by atoms with Crippen molar-refractivity contribution in [1.29, 1.82) is 0 Å². The van der Waals surface area contributed by atoms with Crippen LogP contribution in [0.1, 0.15) is 43.0 Å². The fourth-order valence-corrected chi connectivity index (χ4v) is 2.60. The predicted octanol–water partition coefficient (Wildman–Crippen LogP) is 3.04. The smallest absolute Gasteiger partial charge is 0.257 e. The fourth-order valence-electron chi connectivity index (χ4n) is 2.60. The normalized spacial score (nSPS) is 20.5. The Bertz CT molecular complexity index is 417.